The van der Waals surface area contributed by atoms with Crippen LogP contribution < -0.4 is 9.47 Å². The third-order valence-corrected chi connectivity index (χ3v) is 5.38. The largest absolute Gasteiger partial charge is 0.493 e. The molecule has 0 fully saturated rings. The van der Waals surface area contributed by atoms with Crippen molar-refractivity contribution in [1.82, 2.24) is 15.0 Å². The second-order valence-corrected chi connectivity index (χ2v) is 7.53. The Balaban J connectivity index is 1.43. The van der Waals surface area contributed by atoms with Gasteiger partial charge in [0.1, 0.15) is 0 Å². The van der Waals surface area contributed by atoms with E-state index in [9.17, 15) is 14.4 Å². The van der Waals surface area contributed by atoms with Crippen molar-refractivity contribution in [2.75, 3.05) is 20.8 Å². The zero-order valence-electron chi connectivity index (χ0n) is 19.0. The zero-order valence-corrected chi connectivity index (χ0v) is 19.0. The van der Waals surface area contributed by atoms with E-state index >= 15 is 0 Å². The molecule has 1 aliphatic rings. The van der Waals surface area contributed by atoms with Gasteiger partial charge in [0, 0.05) is 12.1 Å². The molecule has 0 spiro atoms. The molecule has 1 aliphatic heterocycles. The Morgan fingerprint density at radius 1 is 1.00 bits per heavy atom. The fourth-order valence-corrected chi connectivity index (χ4v) is 3.55. The van der Waals surface area contributed by atoms with Crippen LogP contribution in [0.1, 0.15) is 56.7 Å². The number of aromatic nitrogens is 2. The zero-order chi connectivity index (χ0) is 24.2. The first kappa shape index (κ1) is 23.0. The second kappa shape index (κ2) is 9.74. The number of hydrogen-bond donors (Lipinski definition) is 0. The molecule has 0 aliphatic carbocycles. The van der Waals surface area contributed by atoms with E-state index in [2.05, 4.69) is 10.1 Å². The minimum absolute atomic E-state index is 0.0938. The molecule has 3 aromatic rings. The maximum Gasteiger partial charge on any atom is 0.338 e. The Hall–Kier alpha value is -4.21. The number of benzene rings is 2. The third-order valence-electron chi connectivity index (χ3n) is 5.38. The quantitative estimate of drug-likeness (QED) is 0.345. The lowest BCUT2D eigenvalue weighted by Crippen LogP contribution is -2.30. The molecule has 4 rings (SSSR count). The lowest BCUT2D eigenvalue weighted by atomic mass is 10.1. The first-order chi connectivity index (χ1) is 16.5. The van der Waals surface area contributed by atoms with Gasteiger partial charge in [-0.25, -0.2) is 4.79 Å². The monoisotopic (exact) mass is 465 g/mol. The van der Waals surface area contributed by atoms with Crippen molar-refractivity contribution >= 4 is 17.8 Å². The number of ether oxygens (including phenoxy) is 3. The van der Waals surface area contributed by atoms with Gasteiger partial charge in [0.2, 0.25) is 5.82 Å². The van der Waals surface area contributed by atoms with Crippen LogP contribution in [-0.2, 0) is 11.3 Å². The van der Waals surface area contributed by atoms with Crippen LogP contribution in [-0.4, -0.2) is 53.6 Å². The summed E-state index contributed by atoms with van der Waals surface area (Å²) in [7, 11) is 3.06. The topological polar surface area (TPSA) is 121 Å². The number of fused-ring (bicyclic) bond motifs is 1. The minimum atomic E-state index is -0.680. The van der Waals surface area contributed by atoms with Crippen LogP contribution in [0.25, 0.3) is 11.4 Å². The average molecular weight is 465 g/mol. The van der Waals surface area contributed by atoms with Gasteiger partial charge in [-0.3, -0.25) is 14.5 Å². The lowest BCUT2D eigenvalue weighted by Gasteiger charge is -2.12. The predicted octanol–water partition coefficient (Wildman–Crippen LogP) is 3.51. The highest BCUT2D eigenvalue weighted by atomic mass is 16.6. The maximum absolute atomic E-state index is 12.6. The van der Waals surface area contributed by atoms with E-state index in [0.717, 1.165) is 12.8 Å². The molecule has 2 aromatic carbocycles. The van der Waals surface area contributed by atoms with E-state index < -0.39 is 11.9 Å². The number of nitrogens with zero attached hydrogens (tertiary/aromatic N) is 3. The molecule has 10 nitrogen and oxygen atoms in total. The summed E-state index contributed by atoms with van der Waals surface area (Å²) < 4.78 is 20.9. The van der Waals surface area contributed by atoms with Gasteiger partial charge in [0.15, 0.2) is 18.1 Å². The first-order valence-corrected chi connectivity index (χ1v) is 10.7. The van der Waals surface area contributed by atoms with Gasteiger partial charge in [-0.1, -0.05) is 18.5 Å². The third kappa shape index (κ3) is 4.34. The van der Waals surface area contributed by atoms with Gasteiger partial charge in [-0.15, -0.1) is 0 Å². The lowest BCUT2D eigenvalue weighted by molar-refractivity contribution is 0.0429. The molecule has 2 heterocycles. The summed E-state index contributed by atoms with van der Waals surface area (Å²) in [6.45, 7) is 2.07. The maximum atomic E-state index is 12.6. The molecular formula is C24H23N3O7. The van der Waals surface area contributed by atoms with Crippen molar-refractivity contribution in [1.29, 1.82) is 0 Å². The molecule has 2 amide bonds. The van der Waals surface area contributed by atoms with Gasteiger partial charge in [-0.2, -0.15) is 4.98 Å². The Bertz CT molecular complexity index is 1250. The van der Waals surface area contributed by atoms with Crippen molar-refractivity contribution in [3.05, 3.63) is 59.0 Å². The van der Waals surface area contributed by atoms with Gasteiger partial charge in [-0.05, 0) is 42.8 Å². The van der Waals surface area contributed by atoms with E-state index in [-0.39, 0.29) is 35.1 Å². The molecule has 10 heteroatoms. The van der Waals surface area contributed by atoms with Crippen molar-refractivity contribution in [3.8, 4) is 22.9 Å². The fraction of sp³-hybridized carbons (Fsp3) is 0.292. The Labute approximate surface area is 195 Å². The smallest absolute Gasteiger partial charge is 0.338 e. The molecule has 0 saturated carbocycles. The Morgan fingerprint density at radius 3 is 2.50 bits per heavy atom. The molecule has 0 unspecified atom stereocenters. The molecule has 0 atom stereocenters. The predicted molar refractivity (Wildman–Crippen MR) is 119 cm³/mol. The van der Waals surface area contributed by atoms with Crippen molar-refractivity contribution < 1.29 is 33.1 Å². The van der Waals surface area contributed by atoms with Crippen LogP contribution in [0.5, 0.6) is 11.5 Å². The molecular weight excluding hydrogens is 442 g/mol. The summed E-state index contributed by atoms with van der Waals surface area (Å²) in [4.78, 5) is 43.0. The van der Waals surface area contributed by atoms with Gasteiger partial charge in [0.25, 0.3) is 17.7 Å². The van der Waals surface area contributed by atoms with E-state index in [1.807, 2.05) is 6.92 Å². The number of hydrogen-bond acceptors (Lipinski definition) is 9. The van der Waals surface area contributed by atoms with Gasteiger partial charge in [0.05, 0.1) is 30.9 Å². The average Bonchev–Trinajstić information content (AvgIpc) is 3.43. The Morgan fingerprint density at radius 2 is 1.76 bits per heavy atom. The summed E-state index contributed by atoms with van der Waals surface area (Å²) in [5.41, 5.74) is 1.27. The van der Waals surface area contributed by atoms with Crippen molar-refractivity contribution in [2.45, 2.75) is 26.4 Å². The Kier molecular flexibility index (Phi) is 6.58. The van der Waals surface area contributed by atoms with E-state index in [4.69, 9.17) is 18.7 Å². The van der Waals surface area contributed by atoms with Crippen molar-refractivity contribution in [3.63, 3.8) is 0 Å². The highest BCUT2D eigenvalue weighted by Gasteiger charge is 2.35. The van der Waals surface area contributed by atoms with Crippen molar-refractivity contribution in [2.24, 2.45) is 0 Å². The van der Waals surface area contributed by atoms with Gasteiger partial charge < -0.3 is 18.7 Å². The first-order valence-electron chi connectivity index (χ1n) is 10.7. The van der Waals surface area contributed by atoms with Crippen LogP contribution >= 0.6 is 0 Å². The van der Waals surface area contributed by atoms with Gasteiger partial charge >= 0.3 is 5.97 Å². The number of unbranched alkanes of at least 4 members (excludes halogenated alkanes) is 1. The summed E-state index contributed by atoms with van der Waals surface area (Å²) >= 11 is 0. The SMILES string of the molecule is CCCCN1C(=O)c2ccc(C(=O)OCc3nc(-c4ccc(OC)c(OC)c4)no3)cc2C1=O. The molecule has 0 bridgehead atoms. The van der Waals surface area contributed by atoms with Crippen LogP contribution in [0, 0.1) is 0 Å². The number of imide groups is 1. The summed E-state index contributed by atoms with van der Waals surface area (Å²) in [6, 6.07) is 9.47. The van der Waals surface area contributed by atoms with Crippen LogP contribution in [0.15, 0.2) is 40.9 Å². The number of methoxy groups -OCH3 is 2. The molecule has 176 valence electrons. The van der Waals surface area contributed by atoms with E-state index in [0.29, 0.717) is 29.4 Å². The number of rotatable bonds is 9. The number of esters is 1. The normalized spacial score (nSPS) is 12.6. The fourth-order valence-electron chi connectivity index (χ4n) is 3.55. The molecule has 34 heavy (non-hydrogen) atoms. The number of carbonyl (C=O) groups is 3. The summed E-state index contributed by atoms with van der Waals surface area (Å²) in [5, 5.41) is 3.90. The standard InChI is InChI=1S/C24H23N3O7/c1-4-5-10-27-22(28)16-8-6-15(11-17(16)23(27)29)24(30)33-13-20-25-21(26-34-20)14-7-9-18(31-2)19(12-14)32-3/h6-9,11-12H,4-5,10,13H2,1-3H3. The molecule has 0 saturated heterocycles. The summed E-state index contributed by atoms with van der Waals surface area (Å²) in [6.07, 6.45) is 1.57. The minimum Gasteiger partial charge on any atom is -0.493 e. The molecule has 0 N–H and O–H groups in total. The van der Waals surface area contributed by atoms with Crippen LogP contribution in [0.4, 0.5) is 0 Å². The highest BCUT2D eigenvalue weighted by Crippen LogP contribution is 2.31. The second-order valence-electron chi connectivity index (χ2n) is 7.53. The van der Waals surface area contributed by atoms with E-state index in [1.165, 1.54) is 37.3 Å². The van der Waals surface area contributed by atoms with Crippen LogP contribution in [0.2, 0.25) is 0 Å². The van der Waals surface area contributed by atoms with Crippen LogP contribution in [0.3, 0.4) is 0 Å². The molecule has 1 aromatic heterocycles. The van der Waals surface area contributed by atoms with E-state index in [1.54, 1.807) is 18.2 Å². The number of amides is 2. The highest BCUT2D eigenvalue weighted by molar-refractivity contribution is 6.21. The molecule has 0 radical (unpaired) electrons. The summed E-state index contributed by atoms with van der Waals surface area (Å²) in [5.74, 6) is 0.0297. The number of carbonyl (C=O) groups excluding carboxylic acids is 3.